The van der Waals surface area contributed by atoms with E-state index in [0.29, 0.717) is 12.8 Å². The van der Waals surface area contributed by atoms with Crippen LogP contribution in [0.1, 0.15) is 32.8 Å². The quantitative estimate of drug-likeness (QED) is 0.640. The summed E-state index contributed by atoms with van der Waals surface area (Å²) in [5.74, 6) is 0. The summed E-state index contributed by atoms with van der Waals surface area (Å²) < 4.78 is 32.6. The molecule has 1 N–H and O–H groups in total. The van der Waals surface area contributed by atoms with Crippen LogP contribution in [0.3, 0.4) is 0 Å². The predicted octanol–water partition coefficient (Wildman–Crippen LogP) is 2.45. The zero-order valence-electron chi connectivity index (χ0n) is 13.3. The third kappa shape index (κ3) is 8.63. The molecule has 0 radical (unpaired) electrons. The number of aryl methyl sites for hydroxylation is 1. The van der Waals surface area contributed by atoms with E-state index < -0.39 is 28.0 Å². The molecule has 1 aromatic rings. The molecule has 22 heavy (non-hydrogen) atoms. The van der Waals surface area contributed by atoms with Gasteiger partial charge in [0.05, 0.1) is 6.26 Å². The molecule has 0 aromatic heterocycles. The monoisotopic (exact) mass is 329 g/mol. The molecule has 0 saturated carbocycles. The van der Waals surface area contributed by atoms with Crippen molar-refractivity contribution >= 4 is 16.2 Å². The number of carbonyl (C=O) groups excluding carboxylic acids is 1. The van der Waals surface area contributed by atoms with E-state index in [-0.39, 0.29) is 0 Å². The first-order valence-corrected chi connectivity index (χ1v) is 8.78. The molecule has 124 valence electrons. The molecule has 0 fully saturated rings. The molecule has 0 heterocycles. The van der Waals surface area contributed by atoms with Crippen LogP contribution in [0.2, 0.25) is 0 Å². The normalized spacial score (nSPS) is 13.5. The molecule has 0 saturated heterocycles. The Hall–Kier alpha value is -1.60. The van der Waals surface area contributed by atoms with Gasteiger partial charge in [0.25, 0.3) is 10.1 Å². The molecule has 6 nitrogen and oxygen atoms in total. The lowest BCUT2D eigenvalue weighted by Gasteiger charge is -2.23. The van der Waals surface area contributed by atoms with E-state index >= 15 is 0 Å². The fourth-order valence-electron chi connectivity index (χ4n) is 1.74. The fraction of sp³-hybridized carbons (Fsp3) is 0.533. The van der Waals surface area contributed by atoms with Gasteiger partial charge >= 0.3 is 6.09 Å². The van der Waals surface area contributed by atoms with Crippen LogP contribution in [0.15, 0.2) is 30.3 Å². The Morgan fingerprint density at radius 1 is 1.23 bits per heavy atom. The highest BCUT2D eigenvalue weighted by molar-refractivity contribution is 7.86. The molecule has 0 bridgehead atoms. The van der Waals surface area contributed by atoms with E-state index in [4.69, 9.17) is 8.92 Å². The average Bonchev–Trinajstić information content (AvgIpc) is 2.33. The molecular weight excluding hydrogens is 306 g/mol. The third-order valence-corrected chi connectivity index (χ3v) is 3.09. The Kier molecular flexibility index (Phi) is 6.37. The van der Waals surface area contributed by atoms with Crippen LogP contribution in [0.25, 0.3) is 0 Å². The van der Waals surface area contributed by atoms with Crippen molar-refractivity contribution in [1.82, 2.24) is 5.32 Å². The minimum atomic E-state index is -3.69. The summed E-state index contributed by atoms with van der Waals surface area (Å²) in [6, 6.07) is 9.52. The number of alkyl carbamates (subject to hydrolysis) is 1. The van der Waals surface area contributed by atoms with Gasteiger partial charge in [0.1, 0.15) is 5.60 Å². The van der Waals surface area contributed by atoms with E-state index in [1.54, 1.807) is 20.8 Å². The second kappa shape index (κ2) is 7.60. The topological polar surface area (TPSA) is 81.7 Å². The Morgan fingerprint density at radius 2 is 1.82 bits per heavy atom. The summed E-state index contributed by atoms with van der Waals surface area (Å²) in [6.07, 6.45) is 0.145. The molecular formula is C15H23NO5S. The van der Waals surface area contributed by atoms with Gasteiger partial charge in [-0.1, -0.05) is 30.3 Å². The van der Waals surface area contributed by atoms with Crippen LogP contribution in [0.5, 0.6) is 0 Å². The SMILES string of the molecule is CC(C)(C)OC(=O)N[C@H](CCc1ccccc1)OS(C)(=O)=O. The number of rotatable bonds is 6. The van der Waals surface area contributed by atoms with Crippen molar-refractivity contribution in [3.63, 3.8) is 0 Å². The largest absolute Gasteiger partial charge is 0.444 e. The molecule has 1 atom stereocenters. The molecule has 0 aliphatic heterocycles. The minimum absolute atomic E-state index is 0.316. The molecule has 0 aliphatic carbocycles. The van der Waals surface area contributed by atoms with Gasteiger partial charge in [-0.15, -0.1) is 0 Å². The van der Waals surface area contributed by atoms with Crippen molar-refractivity contribution in [2.45, 2.75) is 45.4 Å². The van der Waals surface area contributed by atoms with Gasteiger partial charge in [0.15, 0.2) is 6.23 Å². The van der Waals surface area contributed by atoms with Crippen LogP contribution in [-0.2, 0) is 25.5 Å². The van der Waals surface area contributed by atoms with Crippen molar-refractivity contribution in [2.24, 2.45) is 0 Å². The molecule has 0 aliphatic rings. The first-order chi connectivity index (χ1) is 10.1. The molecule has 0 spiro atoms. The summed E-state index contributed by atoms with van der Waals surface area (Å²) in [4.78, 5) is 11.8. The highest BCUT2D eigenvalue weighted by atomic mass is 32.2. The van der Waals surface area contributed by atoms with E-state index in [2.05, 4.69) is 5.32 Å². The third-order valence-electron chi connectivity index (χ3n) is 2.51. The number of carbonyl (C=O) groups is 1. The van der Waals surface area contributed by atoms with Gasteiger partial charge in [-0.2, -0.15) is 8.42 Å². The van der Waals surface area contributed by atoms with Crippen molar-refractivity contribution in [2.75, 3.05) is 6.26 Å². The lowest BCUT2D eigenvalue weighted by molar-refractivity contribution is 0.0395. The van der Waals surface area contributed by atoms with E-state index in [1.165, 1.54) is 0 Å². The summed E-state index contributed by atoms with van der Waals surface area (Å²) in [5, 5.41) is 2.44. The number of amides is 1. The lowest BCUT2D eigenvalue weighted by Crippen LogP contribution is -2.41. The van der Waals surface area contributed by atoms with Gasteiger partial charge in [-0.05, 0) is 39.2 Å². The van der Waals surface area contributed by atoms with E-state index in [0.717, 1.165) is 11.8 Å². The number of hydrogen-bond donors (Lipinski definition) is 1. The van der Waals surface area contributed by atoms with Gasteiger partial charge in [-0.3, -0.25) is 5.32 Å². The Labute approximate surface area is 131 Å². The van der Waals surface area contributed by atoms with Crippen molar-refractivity contribution in [3.8, 4) is 0 Å². The average molecular weight is 329 g/mol. The molecule has 7 heteroatoms. The summed E-state index contributed by atoms with van der Waals surface area (Å²) in [5.41, 5.74) is 0.356. The van der Waals surface area contributed by atoms with Crippen molar-refractivity contribution < 1.29 is 22.1 Å². The van der Waals surface area contributed by atoms with Gasteiger partial charge in [0, 0.05) is 0 Å². The first kappa shape index (κ1) is 18.4. The zero-order valence-corrected chi connectivity index (χ0v) is 14.1. The Balaban J connectivity index is 2.65. The maximum absolute atomic E-state index is 11.8. The van der Waals surface area contributed by atoms with Crippen LogP contribution < -0.4 is 5.32 Å². The second-order valence-corrected chi connectivity index (χ2v) is 7.56. The smallest absolute Gasteiger partial charge is 0.409 e. The summed E-state index contributed by atoms with van der Waals surface area (Å²) in [7, 11) is -3.69. The molecule has 1 rings (SSSR count). The van der Waals surface area contributed by atoms with Gasteiger partial charge in [0.2, 0.25) is 0 Å². The Bertz CT molecular complexity index is 578. The van der Waals surface area contributed by atoms with Crippen molar-refractivity contribution in [3.05, 3.63) is 35.9 Å². The number of hydrogen-bond acceptors (Lipinski definition) is 5. The maximum Gasteiger partial charge on any atom is 0.409 e. The molecule has 1 aromatic carbocycles. The second-order valence-electron chi connectivity index (χ2n) is 5.96. The highest BCUT2D eigenvalue weighted by Gasteiger charge is 2.22. The standard InChI is InChI=1S/C15H23NO5S/c1-15(2,3)20-14(17)16-13(21-22(4,18)19)11-10-12-8-6-5-7-9-12/h5-9,13H,10-11H2,1-4H3,(H,16,17)/t13-/m0/s1. The van der Waals surface area contributed by atoms with Crippen LogP contribution in [0, 0.1) is 0 Å². The van der Waals surface area contributed by atoms with Gasteiger partial charge in [-0.25, -0.2) is 8.98 Å². The van der Waals surface area contributed by atoms with Gasteiger partial charge < -0.3 is 4.74 Å². The van der Waals surface area contributed by atoms with Crippen LogP contribution in [0.4, 0.5) is 4.79 Å². The molecule has 0 unspecified atom stereocenters. The van der Waals surface area contributed by atoms with Crippen molar-refractivity contribution in [1.29, 1.82) is 0 Å². The Morgan fingerprint density at radius 3 is 2.32 bits per heavy atom. The van der Waals surface area contributed by atoms with Crippen LogP contribution in [-0.4, -0.2) is 32.6 Å². The lowest BCUT2D eigenvalue weighted by atomic mass is 10.1. The number of nitrogens with one attached hydrogen (secondary N) is 1. The zero-order chi connectivity index (χ0) is 16.8. The van der Waals surface area contributed by atoms with Crippen LogP contribution >= 0.6 is 0 Å². The minimum Gasteiger partial charge on any atom is -0.444 e. The summed E-state index contributed by atoms with van der Waals surface area (Å²) in [6.45, 7) is 5.18. The van der Waals surface area contributed by atoms with E-state index in [1.807, 2.05) is 30.3 Å². The highest BCUT2D eigenvalue weighted by Crippen LogP contribution is 2.10. The fourth-order valence-corrected chi connectivity index (χ4v) is 2.30. The summed E-state index contributed by atoms with van der Waals surface area (Å²) >= 11 is 0. The first-order valence-electron chi connectivity index (χ1n) is 6.97. The number of benzene rings is 1. The van der Waals surface area contributed by atoms with E-state index in [9.17, 15) is 13.2 Å². The maximum atomic E-state index is 11.8. The predicted molar refractivity (Wildman–Crippen MR) is 83.8 cm³/mol. The number of ether oxygens (including phenoxy) is 1. The molecule has 1 amide bonds.